The van der Waals surface area contributed by atoms with Gasteiger partial charge >= 0.3 is 0 Å². The number of hydrogen-bond acceptors (Lipinski definition) is 3. The van der Waals surface area contributed by atoms with Crippen molar-refractivity contribution in [3.63, 3.8) is 0 Å². The van der Waals surface area contributed by atoms with Gasteiger partial charge in [-0.05, 0) is 61.4 Å². The van der Waals surface area contributed by atoms with E-state index >= 15 is 0 Å². The van der Waals surface area contributed by atoms with E-state index in [0.29, 0.717) is 17.7 Å². The average Bonchev–Trinajstić information content (AvgIpc) is 3.21. The van der Waals surface area contributed by atoms with E-state index in [4.69, 9.17) is 9.41 Å². The smallest absolute Gasteiger partial charge is 0.291 e. The minimum atomic E-state index is -0.258. The fourth-order valence-corrected chi connectivity index (χ4v) is 3.46. The number of aliphatic imine (C=N–C) groups is 1. The van der Waals surface area contributed by atoms with Crippen molar-refractivity contribution in [2.45, 2.75) is 46.1 Å². The Morgan fingerprint density at radius 3 is 2.68 bits per heavy atom. The number of nitrogens with one attached hydrogen (secondary N) is 3. The van der Waals surface area contributed by atoms with Crippen molar-refractivity contribution in [1.29, 1.82) is 0 Å². The van der Waals surface area contributed by atoms with Gasteiger partial charge in [-0.25, -0.2) is 4.99 Å². The number of hydrogen-bond donors (Lipinski definition) is 3. The molecule has 6 nitrogen and oxygen atoms in total. The van der Waals surface area contributed by atoms with Gasteiger partial charge in [0.15, 0.2) is 11.7 Å². The van der Waals surface area contributed by atoms with Crippen LogP contribution in [0.4, 0.5) is 5.69 Å². The van der Waals surface area contributed by atoms with Gasteiger partial charge in [0.1, 0.15) is 0 Å². The molecule has 1 aromatic heterocycles. The van der Waals surface area contributed by atoms with Crippen molar-refractivity contribution in [1.82, 2.24) is 10.6 Å². The summed E-state index contributed by atoms with van der Waals surface area (Å²) < 4.78 is 5.13. The monoisotopic (exact) mass is 382 g/mol. The number of carbonyl (C=O) groups is 1. The molecule has 1 aliphatic carbocycles. The first kappa shape index (κ1) is 20.0. The quantitative estimate of drug-likeness (QED) is 0.473. The van der Waals surface area contributed by atoms with Crippen LogP contribution in [0.25, 0.3) is 0 Å². The van der Waals surface area contributed by atoms with Gasteiger partial charge in [-0.2, -0.15) is 0 Å². The highest BCUT2D eigenvalue weighted by Gasteiger charge is 2.34. The second-order valence-electron chi connectivity index (χ2n) is 7.39. The van der Waals surface area contributed by atoms with Crippen molar-refractivity contribution < 1.29 is 9.21 Å². The van der Waals surface area contributed by atoms with Gasteiger partial charge in [0.25, 0.3) is 5.91 Å². The molecule has 1 amide bonds. The molecule has 3 N–H and O–H groups in total. The zero-order valence-electron chi connectivity index (χ0n) is 16.8. The Morgan fingerprint density at radius 2 is 2.04 bits per heavy atom. The molecule has 0 unspecified atom stereocenters. The van der Waals surface area contributed by atoms with E-state index in [9.17, 15) is 4.79 Å². The molecule has 1 aromatic carbocycles. The fourth-order valence-electron chi connectivity index (χ4n) is 3.46. The lowest BCUT2D eigenvalue weighted by Gasteiger charge is -2.41. The van der Waals surface area contributed by atoms with E-state index < -0.39 is 0 Å². The molecule has 6 heteroatoms. The maximum Gasteiger partial charge on any atom is 0.291 e. The van der Waals surface area contributed by atoms with Crippen LogP contribution < -0.4 is 16.0 Å². The minimum Gasteiger partial charge on any atom is -0.459 e. The van der Waals surface area contributed by atoms with Crippen LogP contribution in [0.5, 0.6) is 0 Å². The molecular weight excluding hydrogens is 352 g/mol. The number of benzene rings is 1. The highest BCUT2D eigenvalue weighted by Crippen LogP contribution is 2.42. The first-order valence-corrected chi connectivity index (χ1v) is 10.1. The van der Waals surface area contributed by atoms with Crippen molar-refractivity contribution in [3.05, 3.63) is 54.0 Å². The van der Waals surface area contributed by atoms with E-state index in [1.54, 1.807) is 12.1 Å². The van der Waals surface area contributed by atoms with Crippen LogP contribution in [0.2, 0.25) is 0 Å². The molecule has 0 saturated heterocycles. The zero-order chi connectivity index (χ0) is 19.8. The number of anilines is 1. The number of guanidine groups is 1. The van der Waals surface area contributed by atoms with Crippen LogP contribution in [0, 0.1) is 5.41 Å². The predicted octanol–water partition coefficient (Wildman–Crippen LogP) is 4.17. The largest absolute Gasteiger partial charge is 0.459 e. The molecule has 0 radical (unpaired) electrons. The van der Waals surface area contributed by atoms with Gasteiger partial charge < -0.3 is 20.4 Å². The number of carbonyl (C=O) groups excluding carboxylic acids is 1. The van der Waals surface area contributed by atoms with Crippen molar-refractivity contribution in [2.75, 3.05) is 18.4 Å². The van der Waals surface area contributed by atoms with Crippen LogP contribution in [-0.2, 0) is 6.54 Å². The molecule has 1 heterocycles. The first-order chi connectivity index (χ1) is 13.6. The summed E-state index contributed by atoms with van der Waals surface area (Å²) in [7, 11) is 0. The normalized spacial score (nSPS) is 15.6. The molecule has 0 spiro atoms. The maximum atomic E-state index is 12.1. The Morgan fingerprint density at radius 1 is 1.18 bits per heavy atom. The van der Waals surface area contributed by atoms with E-state index in [1.165, 1.54) is 31.9 Å². The molecule has 28 heavy (non-hydrogen) atoms. The van der Waals surface area contributed by atoms with E-state index in [2.05, 4.69) is 29.8 Å². The number of rotatable bonds is 8. The highest BCUT2D eigenvalue weighted by molar-refractivity contribution is 6.02. The second kappa shape index (κ2) is 9.44. The van der Waals surface area contributed by atoms with E-state index in [1.807, 2.05) is 24.3 Å². The molecule has 150 valence electrons. The number of amides is 1. The number of nitrogens with zero attached hydrogens (tertiary/aromatic N) is 1. The highest BCUT2D eigenvalue weighted by atomic mass is 16.3. The molecule has 1 aliphatic rings. The van der Waals surface area contributed by atoms with Gasteiger partial charge in [-0.15, -0.1) is 0 Å². The fraction of sp³-hybridized carbons (Fsp3) is 0.455. The van der Waals surface area contributed by atoms with Gasteiger partial charge in [0.05, 0.1) is 12.8 Å². The molecule has 1 fully saturated rings. The van der Waals surface area contributed by atoms with E-state index in [0.717, 1.165) is 30.3 Å². The lowest BCUT2D eigenvalue weighted by molar-refractivity contribution is 0.0996. The summed E-state index contributed by atoms with van der Waals surface area (Å²) in [5, 5.41) is 9.68. The summed E-state index contributed by atoms with van der Waals surface area (Å²) in [4.78, 5) is 16.8. The Bertz CT molecular complexity index is 789. The Kier molecular flexibility index (Phi) is 6.74. The summed E-state index contributed by atoms with van der Waals surface area (Å²) in [6.45, 7) is 6.67. The Labute approximate surface area is 166 Å². The lowest BCUT2D eigenvalue weighted by atomic mass is 9.67. The van der Waals surface area contributed by atoms with Crippen LogP contribution in [0.15, 0.2) is 52.1 Å². The van der Waals surface area contributed by atoms with Crippen LogP contribution in [-0.4, -0.2) is 25.0 Å². The lowest BCUT2D eigenvalue weighted by Crippen LogP contribution is -2.46. The van der Waals surface area contributed by atoms with E-state index in [-0.39, 0.29) is 5.91 Å². The predicted molar refractivity (Wildman–Crippen MR) is 112 cm³/mol. The third-order valence-corrected chi connectivity index (χ3v) is 5.49. The maximum absolute atomic E-state index is 12.1. The van der Waals surface area contributed by atoms with Crippen molar-refractivity contribution >= 4 is 17.6 Å². The summed E-state index contributed by atoms with van der Waals surface area (Å²) in [5.74, 6) is 0.876. The molecule has 3 rings (SSSR count). The van der Waals surface area contributed by atoms with Gasteiger partial charge in [0, 0.05) is 18.8 Å². The summed E-state index contributed by atoms with van der Waals surface area (Å²) >= 11 is 0. The van der Waals surface area contributed by atoms with Gasteiger partial charge in [0.2, 0.25) is 0 Å². The first-order valence-electron chi connectivity index (χ1n) is 10.1. The van der Waals surface area contributed by atoms with Crippen molar-refractivity contribution in [2.24, 2.45) is 10.4 Å². The van der Waals surface area contributed by atoms with Crippen LogP contribution in [0.1, 0.15) is 55.6 Å². The van der Waals surface area contributed by atoms with Crippen LogP contribution >= 0.6 is 0 Å². The third kappa shape index (κ3) is 5.15. The summed E-state index contributed by atoms with van der Waals surface area (Å²) in [6.07, 6.45) is 6.62. The second-order valence-corrected chi connectivity index (χ2v) is 7.39. The topological polar surface area (TPSA) is 78.7 Å². The molecule has 1 saturated carbocycles. The molecule has 0 atom stereocenters. The Hall–Kier alpha value is -2.76. The molecule has 0 aliphatic heterocycles. The Balaban J connectivity index is 1.59. The zero-order valence-corrected chi connectivity index (χ0v) is 16.8. The molecule has 0 bridgehead atoms. The third-order valence-electron chi connectivity index (χ3n) is 5.49. The summed E-state index contributed by atoms with van der Waals surface area (Å²) in [6, 6.07) is 11.1. The van der Waals surface area contributed by atoms with Gasteiger partial charge in [-0.1, -0.05) is 25.5 Å². The average molecular weight is 383 g/mol. The van der Waals surface area contributed by atoms with Crippen molar-refractivity contribution in [3.8, 4) is 0 Å². The van der Waals surface area contributed by atoms with Crippen LogP contribution in [0.3, 0.4) is 0 Å². The molecule has 2 aromatic rings. The van der Waals surface area contributed by atoms with Gasteiger partial charge in [-0.3, -0.25) is 4.79 Å². The summed E-state index contributed by atoms with van der Waals surface area (Å²) in [5.41, 5.74) is 2.20. The standard InChI is InChI=1S/C22H30N4O2/c1-3-22(11-7-12-22)16-25-21(23-4-2)24-15-17-8-5-9-18(14-17)26-20(27)19-10-6-13-28-19/h5-6,8-10,13-14H,3-4,7,11-12,15-16H2,1-2H3,(H,26,27)(H2,23,24,25). The minimum absolute atomic E-state index is 0.258. The SMILES string of the molecule is CCNC(=NCc1cccc(NC(=O)c2ccco2)c1)NCC1(CC)CCC1. The molecular formula is C22H30N4O2. The number of furan rings is 1.